The summed E-state index contributed by atoms with van der Waals surface area (Å²) in [5, 5.41) is 16.9. The summed E-state index contributed by atoms with van der Waals surface area (Å²) in [5.41, 5.74) is 0.717. The number of hydrogen-bond donors (Lipinski definition) is 3. The number of carbonyl (C=O) groups excluding carboxylic acids is 1. The summed E-state index contributed by atoms with van der Waals surface area (Å²) in [4.78, 5) is 11.5. The van der Waals surface area contributed by atoms with Crippen LogP contribution in [0.1, 0.15) is 12.0 Å². The maximum absolute atomic E-state index is 11.5. The van der Waals surface area contributed by atoms with Crippen LogP contribution in [0.15, 0.2) is 24.3 Å². The Morgan fingerprint density at radius 1 is 1.53 bits per heavy atom. The molecular weight excluding hydrogens is 220 g/mol. The van der Waals surface area contributed by atoms with Gasteiger partial charge < -0.3 is 15.2 Å². The third kappa shape index (κ3) is 1.36. The highest BCUT2D eigenvalue weighted by atomic mass is 16.5. The van der Waals surface area contributed by atoms with Gasteiger partial charge in [-0.05, 0) is 6.07 Å². The highest BCUT2D eigenvalue weighted by Gasteiger charge is 2.54. The van der Waals surface area contributed by atoms with Crippen molar-refractivity contribution in [3.8, 4) is 0 Å². The lowest BCUT2D eigenvalue weighted by molar-refractivity contribution is -0.143. The van der Waals surface area contributed by atoms with Crippen LogP contribution in [-0.4, -0.2) is 30.4 Å². The van der Waals surface area contributed by atoms with Gasteiger partial charge in [-0.25, -0.2) is 0 Å². The molecule has 5 nitrogen and oxygen atoms in total. The topological polar surface area (TPSA) is 70.6 Å². The Kier molecular flexibility index (Phi) is 2.14. The zero-order valence-electron chi connectivity index (χ0n) is 9.43. The third-order valence-electron chi connectivity index (χ3n) is 3.54. The maximum Gasteiger partial charge on any atom is 0.323 e. The number of anilines is 1. The third-order valence-corrected chi connectivity index (χ3v) is 3.54. The van der Waals surface area contributed by atoms with E-state index in [0.29, 0.717) is 6.42 Å². The standard InChI is InChI=1S/C12H14N2O3/c1-17-10(15)9-6-12(16)7-4-2-3-5-8(7)13-11(12)14-9/h2-5,9,11,13-14,16H,6H2,1H3/t9-,11-,12+/m0/s1. The number of benzene rings is 1. The monoisotopic (exact) mass is 234 g/mol. The summed E-state index contributed by atoms with van der Waals surface area (Å²) in [5.74, 6) is -0.341. The van der Waals surface area contributed by atoms with Gasteiger partial charge in [0.05, 0.1) is 7.11 Å². The molecule has 3 rings (SSSR count). The number of para-hydroxylation sites is 1. The molecule has 2 aliphatic heterocycles. The van der Waals surface area contributed by atoms with Gasteiger partial charge in [-0.1, -0.05) is 18.2 Å². The van der Waals surface area contributed by atoms with Crippen molar-refractivity contribution in [1.29, 1.82) is 0 Å². The van der Waals surface area contributed by atoms with E-state index in [9.17, 15) is 9.90 Å². The number of aliphatic hydroxyl groups is 1. The van der Waals surface area contributed by atoms with Crippen molar-refractivity contribution >= 4 is 11.7 Å². The van der Waals surface area contributed by atoms with Gasteiger partial charge in [-0.2, -0.15) is 0 Å². The predicted octanol–water partition coefficient (Wildman–Crippen LogP) is 0.161. The molecule has 0 aliphatic carbocycles. The average Bonchev–Trinajstić information content (AvgIpc) is 2.79. The largest absolute Gasteiger partial charge is 0.468 e. The van der Waals surface area contributed by atoms with Gasteiger partial charge in [0.15, 0.2) is 0 Å². The molecule has 1 aromatic rings. The Labute approximate surface area is 98.8 Å². The minimum Gasteiger partial charge on any atom is -0.468 e. The van der Waals surface area contributed by atoms with Gasteiger partial charge in [0.25, 0.3) is 0 Å². The molecular formula is C12H14N2O3. The van der Waals surface area contributed by atoms with Gasteiger partial charge in [0.2, 0.25) is 0 Å². The Balaban J connectivity index is 1.94. The van der Waals surface area contributed by atoms with Crippen molar-refractivity contribution in [2.45, 2.75) is 24.2 Å². The number of nitrogens with one attached hydrogen (secondary N) is 2. The number of ether oxygens (including phenoxy) is 1. The molecule has 0 amide bonds. The lowest BCUT2D eigenvalue weighted by atomic mass is 9.91. The fourth-order valence-electron chi connectivity index (χ4n) is 2.69. The van der Waals surface area contributed by atoms with E-state index in [4.69, 9.17) is 4.74 Å². The molecule has 3 N–H and O–H groups in total. The van der Waals surface area contributed by atoms with E-state index in [2.05, 4.69) is 10.6 Å². The van der Waals surface area contributed by atoms with Crippen LogP contribution >= 0.6 is 0 Å². The fraction of sp³-hybridized carbons (Fsp3) is 0.417. The van der Waals surface area contributed by atoms with Gasteiger partial charge in [0, 0.05) is 17.7 Å². The van der Waals surface area contributed by atoms with E-state index in [0.717, 1.165) is 11.3 Å². The van der Waals surface area contributed by atoms with Crippen LogP contribution in [0.2, 0.25) is 0 Å². The molecule has 0 saturated carbocycles. The van der Waals surface area contributed by atoms with Crippen molar-refractivity contribution < 1.29 is 14.6 Å². The molecule has 2 heterocycles. The molecule has 90 valence electrons. The number of hydrogen-bond acceptors (Lipinski definition) is 5. The number of carbonyl (C=O) groups is 1. The van der Waals surface area contributed by atoms with Gasteiger partial charge in [-0.15, -0.1) is 0 Å². The second-order valence-electron chi connectivity index (χ2n) is 4.49. The Bertz CT molecular complexity index is 477. The molecule has 1 aromatic carbocycles. The first kappa shape index (κ1) is 10.6. The molecule has 1 fully saturated rings. The first-order valence-electron chi connectivity index (χ1n) is 5.57. The molecule has 3 atom stereocenters. The number of methoxy groups -OCH3 is 1. The molecule has 5 heteroatoms. The minimum absolute atomic E-state index is 0.328. The summed E-state index contributed by atoms with van der Waals surface area (Å²) in [6.07, 6.45) is -0.00190. The number of esters is 1. The highest BCUT2D eigenvalue weighted by molar-refractivity contribution is 5.77. The molecule has 1 saturated heterocycles. The lowest BCUT2D eigenvalue weighted by Gasteiger charge is -2.21. The zero-order chi connectivity index (χ0) is 12.0. The van der Waals surface area contributed by atoms with Gasteiger partial charge in [-0.3, -0.25) is 10.1 Å². The number of rotatable bonds is 1. The Morgan fingerprint density at radius 2 is 2.29 bits per heavy atom. The minimum atomic E-state index is -1.03. The Hall–Kier alpha value is -1.59. The molecule has 17 heavy (non-hydrogen) atoms. The average molecular weight is 234 g/mol. The molecule has 0 aromatic heterocycles. The summed E-state index contributed by atoms with van der Waals surface area (Å²) in [6, 6.07) is 7.13. The van der Waals surface area contributed by atoms with E-state index < -0.39 is 11.6 Å². The van der Waals surface area contributed by atoms with Crippen LogP contribution in [0, 0.1) is 0 Å². The van der Waals surface area contributed by atoms with Crippen molar-refractivity contribution in [3.63, 3.8) is 0 Å². The van der Waals surface area contributed by atoms with Crippen LogP contribution in [0.4, 0.5) is 5.69 Å². The predicted molar refractivity (Wildman–Crippen MR) is 61.3 cm³/mol. The first-order valence-corrected chi connectivity index (χ1v) is 5.57. The normalized spacial score (nSPS) is 33.8. The first-order chi connectivity index (χ1) is 8.15. The fourth-order valence-corrected chi connectivity index (χ4v) is 2.69. The smallest absolute Gasteiger partial charge is 0.323 e. The maximum atomic E-state index is 11.5. The summed E-state index contributed by atoms with van der Waals surface area (Å²) in [6.45, 7) is 0. The van der Waals surface area contributed by atoms with Crippen molar-refractivity contribution in [3.05, 3.63) is 29.8 Å². The highest BCUT2D eigenvalue weighted by Crippen LogP contribution is 2.44. The van der Waals surface area contributed by atoms with Crippen LogP contribution in [0.5, 0.6) is 0 Å². The van der Waals surface area contributed by atoms with E-state index in [1.54, 1.807) is 0 Å². The van der Waals surface area contributed by atoms with Crippen LogP contribution in [0.25, 0.3) is 0 Å². The summed E-state index contributed by atoms with van der Waals surface area (Å²) >= 11 is 0. The van der Waals surface area contributed by atoms with E-state index >= 15 is 0 Å². The van der Waals surface area contributed by atoms with Gasteiger partial charge >= 0.3 is 5.97 Å². The molecule has 0 bridgehead atoms. The SMILES string of the molecule is COC(=O)[C@@H]1C[C@@]2(O)c3ccccc3N[C@H]2N1. The van der Waals surface area contributed by atoms with Crippen LogP contribution in [-0.2, 0) is 15.1 Å². The van der Waals surface area contributed by atoms with Crippen molar-refractivity contribution in [2.75, 3.05) is 12.4 Å². The molecule has 0 unspecified atom stereocenters. The van der Waals surface area contributed by atoms with E-state index in [1.165, 1.54) is 7.11 Å². The van der Waals surface area contributed by atoms with E-state index in [-0.39, 0.29) is 12.1 Å². The molecule has 0 radical (unpaired) electrons. The second kappa shape index (κ2) is 3.45. The van der Waals surface area contributed by atoms with Crippen LogP contribution < -0.4 is 10.6 Å². The van der Waals surface area contributed by atoms with Crippen molar-refractivity contribution in [2.24, 2.45) is 0 Å². The van der Waals surface area contributed by atoms with E-state index in [1.807, 2.05) is 24.3 Å². The quantitative estimate of drug-likeness (QED) is 0.604. The van der Waals surface area contributed by atoms with Crippen molar-refractivity contribution in [1.82, 2.24) is 5.32 Å². The second-order valence-corrected chi connectivity index (χ2v) is 4.49. The number of fused-ring (bicyclic) bond motifs is 3. The Morgan fingerprint density at radius 3 is 3.06 bits per heavy atom. The zero-order valence-corrected chi connectivity index (χ0v) is 9.43. The van der Waals surface area contributed by atoms with Gasteiger partial charge in [0.1, 0.15) is 17.8 Å². The van der Waals surface area contributed by atoms with Crippen LogP contribution in [0.3, 0.4) is 0 Å². The lowest BCUT2D eigenvalue weighted by Crippen LogP contribution is -2.43. The molecule has 2 aliphatic rings. The summed E-state index contributed by atoms with van der Waals surface area (Å²) < 4.78 is 4.69. The summed E-state index contributed by atoms with van der Waals surface area (Å²) in [7, 11) is 1.35. The molecule has 0 spiro atoms.